The zero-order valence-corrected chi connectivity index (χ0v) is 12.4. The first-order chi connectivity index (χ1) is 9.31. The predicted octanol–water partition coefficient (Wildman–Crippen LogP) is 2.70. The molecule has 0 amide bonds. The van der Waals surface area contributed by atoms with Crippen molar-refractivity contribution < 1.29 is 4.74 Å². The Labute approximate surface area is 120 Å². The summed E-state index contributed by atoms with van der Waals surface area (Å²) in [6.07, 6.45) is 2.67. The zero-order valence-electron chi connectivity index (χ0n) is 10.8. The molecule has 0 saturated carbocycles. The van der Waals surface area contributed by atoms with Crippen LogP contribution >= 0.6 is 23.1 Å². The summed E-state index contributed by atoms with van der Waals surface area (Å²) in [6, 6.07) is 0.354. The molecule has 2 aromatic heterocycles. The van der Waals surface area contributed by atoms with E-state index in [1.807, 2.05) is 19.2 Å². The molecule has 0 bridgehead atoms. The van der Waals surface area contributed by atoms with Crippen LogP contribution in [0.15, 0.2) is 21.1 Å². The third-order valence-corrected chi connectivity index (χ3v) is 3.70. The van der Waals surface area contributed by atoms with Crippen molar-refractivity contribution in [3.63, 3.8) is 0 Å². The Morgan fingerprint density at radius 3 is 2.89 bits per heavy atom. The Morgan fingerprint density at radius 2 is 2.21 bits per heavy atom. The Kier molecular flexibility index (Phi) is 5.34. The largest absolute Gasteiger partial charge is 0.463 e. The number of thiazole rings is 1. The van der Waals surface area contributed by atoms with Crippen LogP contribution in [0, 0.1) is 0 Å². The average molecular weight is 297 g/mol. The highest BCUT2D eigenvalue weighted by Crippen LogP contribution is 2.27. The number of aromatic nitrogens is 4. The Bertz CT molecular complexity index is 506. The maximum Gasteiger partial charge on any atom is 0.322 e. The van der Waals surface area contributed by atoms with E-state index in [9.17, 15) is 0 Å². The molecule has 19 heavy (non-hydrogen) atoms. The van der Waals surface area contributed by atoms with Gasteiger partial charge in [0.2, 0.25) is 11.1 Å². The van der Waals surface area contributed by atoms with Gasteiger partial charge in [-0.1, -0.05) is 6.92 Å². The molecule has 102 valence electrons. The lowest BCUT2D eigenvalue weighted by Crippen LogP contribution is -2.07. The normalized spacial score (nSPS) is 10.4. The minimum Gasteiger partial charge on any atom is -0.463 e. The van der Waals surface area contributed by atoms with Gasteiger partial charge in [0.25, 0.3) is 0 Å². The molecule has 1 N–H and O–H groups in total. The molecular formula is C11H15N5OS2. The topological polar surface area (TPSA) is 72.8 Å². The molecule has 8 heteroatoms. The van der Waals surface area contributed by atoms with E-state index in [1.54, 1.807) is 17.5 Å². The van der Waals surface area contributed by atoms with Gasteiger partial charge in [-0.25, -0.2) is 4.98 Å². The molecule has 0 aliphatic rings. The van der Waals surface area contributed by atoms with Crippen LogP contribution in [0.2, 0.25) is 0 Å². The highest BCUT2D eigenvalue weighted by molar-refractivity contribution is 8.00. The molecule has 2 heterocycles. The summed E-state index contributed by atoms with van der Waals surface area (Å²) in [5.41, 5.74) is 0. The Morgan fingerprint density at radius 1 is 1.32 bits per heavy atom. The van der Waals surface area contributed by atoms with Crippen LogP contribution in [0.25, 0.3) is 0 Å². The van der Waals surface area contributed by atoms with Crippen molar-refractivity contribution in [1.29, 1.82) is 0 Å². The van der Waals surface area contributed by atoms with Gasteiger partial charge in [0.05, 0.1) is 6.61 Å². The van der Waals surface area contributed by atoms with Gasteiger partial charge in [0.1, 0.15) is 0 Å². The molecular weight excluding hydrogens is 282 g/mol. The summed E-state index contributed by atoms with van der Waals surface area (Å²) >= 11 is 2.96. The molecule has 0 aromatic carbocycles. The van der Waals surface area contributed by atoms with Crippen LogP contribution in [0.4, 0.5) is 5.95 Å². The molecule has 0 aliphatic heterocycles. The van der Waals surface area contributed by atoms with E-state index in [4.69, 9.17) is 4.74 Å². The second-order valence-corrected chi connectivity index (χ2v) is 5.61. The molecule has 0 saturated heterocycles. The quantitative estimate of drug-likeness (QED) is 0.842. The van der Waals surface area contributed by atoms with Crippen LogP contribution in [-0.4, -0.2) is 33.1 Å². The summed E-state index contributed by atoms with van der Waals surface area (Å²) in [5.74, 6) is 0.530. The summed E-state index contributed by atoms with van der Waals surface area (Å²) in [6.45, 7) is 5.37. The maximum atomic E-state index is 5.47. The van der Waals surface area contributed by atoms with Crippen LogP contribution in [0.1, 0.15) is 20.3 Å². The molecule has 2 aromatic rings. The van der Waals surface area contributed by atoms with Crippen LogP contribution in [0.5, 0.6) is 6.01 Å². The average Bonchev–Trinajstić information content (AvgIpc) is 2.89. The van der Waals surface area contributed by atoms with Gasteiger partial charge in [-0.3, -0.25) is 0 Å². The van der Waals surface area contributed by atoms with Gasteiger partial charge in [0.15, 0.2) is 4.34 Å². The predicted molar refractivity (Wildman–Crippen MR) is 76.0 cm³/mol. The van der Waals surface area contributed by atoms with Crippen molar-refractivity contribution in [3.8, 4) is 6.01 Å². The lowest BCUT2D eigenvalue weighted by Gasteiger charge is -2.07. The van der Waals surface area contributed by atoms with E-state index >= 15 is 0 Å². The van der Waals surface area contributed by atoms with Crippen molar-refractivity contribution in [2.45, 2.75) is 29.8 Å². The highest BCUT2D eigenvalue weighted by Gasteiger charge is 2.09. The number of anilines is 1. The van der Waals surface area contributed by atoms with Crippen molar-refractivity contribution in [3.05, 3.63) is 11.6 Å². The van der Waals surface area contributed by atoms with Crippen molar-refractivity contribution in [1.82, 2.24) is 19.9 Å². The lowest BCUT2D eigenvalue weighted by molar-refractivity contribution is 0.288. The minimum atomic E-state index is 0.354. The van der Waals surface area contributed by atoms with Crippen molar-refractivity contribution in [2.24, 2.45) is 0 Å². The molecule has 0 atom stereocenters. The second-order valence-electron chi connectivity index (χ2n) is 3.50. The fourth-order valence-electron chi connectivity index (χ4n) is 1.22. The van der Waals surface area contributed by atoms with Gasteiger partial charge in [-0.2, -0.15) is 15.0 Å². The number of ether oxygens (including phenoxy) is 1. The van der Waals surface area contributed by atoms with Crippen molar-refractivity contribution >= 4 is 29.0 Å². The summed E-state index contributed by atoms with van der Waals surface area (Å²) < 4.78 is 6.37. The molecule has 0 aliphatic carbocycles. The maximum absolute atomic E-state index is 5.47. The van der Waals surface area contributed by atoms with Gasteiger partial charge in [0, 0.05) is 18.1 Å². The third kappa shape index (κ3) is 4.32. The third-order valence-electron chi connectivity index (χ3n) is 1.95. The monoisotopic (exact) mass is 297 g/mol. The first-order valence-electron chi connectivity index (χ1n) is 6.02. The summed E-state index contributed by atoms with van der Waals surface area (Å²) in [4.78, 5) is 17.0. The molecule has 0 spiro atoms. The van der Waals surface area contributed by atoms with E-state index in [0.717, 1.165) is 17.3 Å². The van der Waals surface area contributed by atoms with Gasteiger partial charge < -0.3 is 10.1 Å². The van der Waals surface area contributed by atoms with Gasteiger partial charge in [-0.05, 0) is 25.1 Å². The van der Waals surface area contributed by atoms with Crippen molar-refractivity contribution in [2.75, 3.05) is 18.5 Å². The number of nitrogens with zero attached hydrogens (tertiary/aromatic N) is 4. The van der Waals surface area contributed by atoms with E-state index in [0.29, 0.717) is 23.7 Å². The molecule has 2 rings (SSSR count). The van der Waals surface area contributed by atoms with E-state index in [1.165, 1.54) is 11.8 Å². The van der Waals surface area contributed by atoms with Crippen LogP contribution in [-0.2, 0) is 0 Å². The fourth-order valence-corrected chi connectivity index (χ4v) is 2.69. The smallest absolute Gasteiger partial charge is 0.322 e. The Balaban J connectivity index is 2.17. The zero-order chi connectivity index (χ0) is 13.5. The number of rotatable bonds is 7. The first-order valence-corrected chi connectivity index (χ1v) is 7.71. The number of hydrogen-bond donors (Lipinski definition) is 1. The summed E-state index contributed by atoms with van der Waals surface area (Å²) in [7, 11) is 0. The standard InChI is InChI=1S/C11H15N5OS2/c1-3-6-17-9-14-8(12-4-2)15-10(16-9)19-11-13-5-7-18-11/h5,7H,3-4,6H2,1-2H3,(H,12,14,15,16). The SMILES string of the molecule is CCCOc1nc(NCC)nc(Sc2nccs2)n1. The molecule has 0 fully saturated rings. The number of nitrogens with one attached hydrogen (secondary N) is 1. The Hall–Kier alpha value is -1.41. The number of hydrogen-bond acceptors (Lipinski definition) is 8. The first kappa shape index (κ1) is 14.0. The molecule has 0 unspecified atom stereocenters. The van der Waals surface area contributed by atoms with Gasteiger partial charge in [-0.15, -0.1) is 11.3 Å². The van der Waals surface area contributed by atoms with E-state index < -0.39 is 0 Å². The van der Waals surface area contributed by atoms with Gasteiger partial charge >= 0.3 is 6.01 Å². The fraction of sp³-hybridized carbons (Fsp3) is 0.455. The molecule has 0 radical (unpaired) electrons. The van der Waals surface area contributed by atoms with Crippen LogP contribution in [0.3, 0.4) is 0 Å². The lowest BCUT2D eigenvalue weighted by atomic mass is 10.5. The molecule has 6 nitrogen and oxygen atoms in total. The highest BCUT2D eigenvalue weighted by atomic mass is 32.2. The van der Waals surface area contributed by atoms with Crippen LogP contribution < -0.4 is 10.1 Å². The second kappa shape index (κ2) is 7.25. The minimum absolute atomic E-state index is 0.354. The summed E-state index contributed by atoms with van der Waals surface area (Å²) in [5, 5.41) is 5.58. The van der Waals surface area contributed by atoms with E-state index in [2.05, 4.69) is 25.3 Å². The van der Waals surface area contributed by atoms with E-state index in [-0.39, 0.29) is 0 Å².